The summed E-state index contributed by atoms with van der Waals surface area (Å²) in [5.41, 5.74) is 5.58. The molecule has 3 nitrogen and oxygen atoms in total. The highest BCUT2D eigenvalue weighted by atomic mass is 19.1. The number of hydrogen-bond acceptors (Lipinski definition) is 2. The number of halogens is 3. The summed E-state index contributed by atoms with van der Waals surface area (Å²) in [6, 6.07) is 6.58. The molecule has 2 aromatic carbocycles. The first kappa shape index (κ1) is 13.9. The largest absolute Gasteiger partial charge is 0.399 e. The van der Waals surface area contributed by atoms with Crippen LogP contribution in [0.1, 0.15) is 15.9 Å². The number of carbonyl (C=O) groups is 1. The summed E-state index contributed by atoms with van der Waals surface area (Å²) in [6.45, 7) is -0.181. The second kappa shape index (κ2) is 5.64. The molecule has 0 fully saturated rings. The highest BCUT2D eigenvalue weighted by Crippen LogP contribution is 2.13. The molecule has 104 valence electrons. The Bertz CT molecular complexity index is 659. The highest BCUT2D eigenvalue weighted by molar-refractivity contribution is 5.95. The number of benzene rings is 2. The molecule has 0 heterocycles. The van der Waals surface area contributed by atoms with E-state index >= 15 is 0 Å². The Kier molecular flexibility index (Phi) is 3.93. The van der Waals surface area contributed by atoms with Gasteiger partial charge in [0, 0.05) is 23.9 Å². The van der Waals surface area contributed by atoms with E-state index in [4.69, 9.17) is 5.73 Å². The monoisotopic (exact) mass is 280 g/mol. The quantitative estimate of drug-likeness (QED) is 0.849. The number of hydrogen-bond donors (Lipinski definition) is 2. The number of nitrogens with one attached hydrogen (secondary N) is 1. The fourth-order valence-electron chi connectivity index (χ4n) is 1.65. The molecule has 2 aromatic rings. The molecular formula is C14H11F3N2O. The van der Waals surface area contributed by atoms with Crippen LogP contribution in [0.5, 0.6) is 0 Å². The van der Waals surface area contributed by atoms with Gasteiger partial charge in [-0.25, -0.2) is 13.2 Å². The number of amides is 1. The number of nitrogens with two attached hydrogens (primary N) is 1. The van der Waals surface area contributed by atoms with Crippen molar-refractivity contribution >= 4 is 11.6 Å². The molecule has 0 aliphatic rings. The van der Waals surface area contributed by atoms with Gasteiger partial charge in [0.25, 0.3) is 5.91 Å². The minimum absolute atomic E-state index is 0.101. The van der Waals surface area contributed by atoms with Gasteiger partial charge in [-0.05, 0) is 24.3 Å². The van der Waals surface area contributed by atoms with Gasteiger partial charge in [0.2, 0.25) is 0 Å². The zero-order valence-electron chi connectivity index (χ0n) is 10.3. The Labute approximate surface area is 113 Å². The van der Waals surface area contributed by atoms with E-state index in [0.29, 0.717) is 6.07 Å². The first-order valence-corrected chi connectivity index (χ1v) is 5.74. The summed E-state index contributed by atoms with van der Waals surface area (Å²) in [7, 11) is 0. The van der Waals surface area contributed by atoms with E-state index in [1.807, 2.05) is 0 Å². The van der Waals surface area contributed by atoms with Crippen molar-refractivity contribution < 1.29 is 18.0 Å². The third-order valence-electron chi connectivity index (χ3n) is 2.69. The van der Waals surface area contributed by atoms with Gasteiger partial charge in [-0.1, -0.05) is 6.07 Å². The Balaban J connectivity index is 2.10. The molecule has 2 rings (SSSR count). The second-order valence-electron chi connectivity index (χ2n) is 4.16. The maximum atomic E-state index is 13.4. The molecular weight excluding hydrogens is 269 g/mol. The smallest absolute Gasteiger partial charge is 0.254 e. The SMILES string of the molecule is Nc1ccc(F)c(C(=O)NCc2ccc(F)cc2F)c1. The van der Waals surface area contributed by atoms with Gasteiger partial charge in [-0.15, -0.1) is 0 Å². The molecule has 20 heavy (non-hydrogen) atoms. The third kappa shape index (κ3) is 3.09. The van der Waals surface area contributed by atoms with Crippen molar-refractivity contribution in [2.24, 2.45) is 0 Å². The third-order valence-corrected chi connectivity index (χ3v) is 2.69. The predicted octanol–water partition coefficient (Wildman–Crippen LogP) is 2.62. The number of carbonyl (C=O) groups excluding carboxylic acids is 1. The van der Waals surface area contributed by atoms with E-state index in [-0.39, 0.29) is 23.4 Å². The van der Waals surface area contributed by atoms with Gasteiger partial charge in [-0.2, -0.15) is 0 Å². The average molecular weight is 280 g/mol. The lowest BCUT2D eigenvalue weighted by Gasteiger charge is -2.08. The minimum atomic E-state index is -0.779. The Morgan fingerprint density at radius 3 is 2.50 bits per heavy atom. The van der Waals surface area contributed by atoms with Crippen molar-refractivity contribution in [3.63, 3.8) is 0 Å². The minimum Gasteiger partial charge on any atom is -0.399 e. The Morgan fingerprint density at radius 1 is 1.05 bits per heavy atom. The van der Waals surface area contributed by atoms with E-state index in [1.54, 1.807) is 0 Å². The predicted molar refractivity (Wildman–Crippen MR) is 68.3 cm³/mol. The zero-order valence-corrected chi connectivity index (χ0v) is 10.3. The van der Waals surface area contributed by atoms with Crippen LogP contribution in [0.2, 0.25) is 0 Å². The number of rotatable bonds is 3. The molecule has 0 aliphatic carbocycles. The van der Waals surface area contributed by atoms with Crippen molar-refractivity contribution in [1.82, 2.24) is 5.32 Å². The van der Waals surface area contributed by atoms with E-state index in [0.717, 1.165) is 12.1 Å². The lowest BCUT2D eigenvalue weighted by Crippen LogP contribution is -2.24. The van der Waals surface area contributed by atoms with Crippen LogP contribution in [0.25, 0.3) is 0 Å². The summed E-state index contributed by atoms with van der Waals surface area (Å²) < 4.78 is 39.5. The van der Waals surface area contributed by atoms with Crippen LogP contribution in [0.3, 0.4) is 0 Å². The molecule has 6 heteroatoms. The summed E-state index contributed by atoms with van der Waals surface area (Å²) in [6.07, 6.45) is 0. The van der Waals surface area contributed by atoms with E-state index in [1.165, 1.54) is 18.2 Å². The molecule has 0 spiro atoms. The van der Waals surface area contributed by atoms with Crippen LogP contribution in [-0.2, 0) is 6.54 Å². The van der Waals surface area contributed by atoms with E-state index in [9.17, 15) is 18.0 Å². The van der Waals surface area contributed by atoms with Crippen LogP contribution in [0.4, 0.5) is 18.9 Å². The average Bonchev–Trinajstić information content (AvgIpc) is 2.40. The first-order valence-electron chi connectivity index (χ1n) is 5.74. The van der Waals surface area contributed by atoms with E-state index in [2.05, 4.69) is 5.32 Å². The van der Waals surface area contributed by atoms with Crippen molar-refractivity contribution in [2.75, 3.05) is 5.73 Å². The van der Waals surface area contributed by atoms with Crippen molar-refractivity contribution in [2.45, 2.75) is 6.54 Å². The fraction of sp³-hybridized carbons (Fsp3) is 0.0714. The van der Waals surface area contributed by atoms with Crippen LogP contribution < -0.4 is 11.1 Å². The summed E-state index contributed by atoms with van der Waals surface area (Å²) >= 11 is 0. The fourth-order valence-corrected chi connectivity index (χ4v) is 1.65. The van der Waals surface area contributed by atoms with E-state index < -0.39 is 23.4 Å². The maximum Gasteiger partial charge on any atom is 0.254 e. The molecule has 0 unspecified atom stereocenters. The standard InChI is InChI=1S/C14H11F3N2O/c15-9-2-1-8(13(17)5-9)7-19-14(20)11-6-10(18)3-4-12(11)16/h1-6H,7,18H2,(H,19,20). The van der Waals surface area contributed by atoms with Gasteiger partial charge in [0.1, 0.15) is 17.5 Å². The van der Waals surface area contributed by atoms with Crippen molar-refractivity contribution in [3.8, 4) is 0 Å². The van der Waals surface area contributed by atoms with Gasteiger partial charge in [0.15, 0.2) is 0 Å². The molecule has 0 bridgehead atoms. The second-order valence-corrected chi connectivity index (χ2v) is 4.16. The van der Waals surface area contributed by atoms with Crippen molar-refractivity contribution in [3.05, 3.63) is 65.0 Å². The molecule has 3 N–H and O–H groups in total. The summed E-state index contributed by atoms with van der Waals surface area (Å²) in [5, 5.41) is 2.35. The highest BCUT2D eigenvalue weighted by Gasteiger charge is 2.12. The molecule has 0 saturated carbocycles. The first-order chi connectivity index (χ1) is 9.47. The lowest BCUT2D eigenvalue weighted by molar-refractivity contribution is 0.0946. The molecule has 0 saturated heterocycles. The normalized spacial score (nSPS) is 10.3. The number of anilines is 1. The van der Waals surface area contributed by atoms with Gasteiger partial charge < -0.3 is 11.1 Å². The summed E-state index contributed by atoms with van der Waals surface area (Å²) in [4.78, 5) is 11.8. The lowest BCUT2D eigenvalue weighted by atomic mass is 10.1. The topological polar surface area (TPSA) is 55.1 Å². The summed E-state index contributed by atoms with van der Waals surface area (Å²) in [5.74, 6) is -2.94. The zero-order chi connectivity index (χ0) is 14.7. The Morgan fingerprint density at radius 2 is 1.80 bits per heavy atom. The van der Waals surface area contributed by atoms with Gasteiger partial charge >= 0.3 is 0 Å². The maximum absolute atomic E-state index is 13.4. The molecule has 0 radical (unpaired) electrons. The van der Waals surface area contributed by atoms with Crippen molar-refractivity contribution in [1.29, 1.82) is 0 Å². The van der Waals surface area contributed by atoms with Crippen LogP contribution in [0.15, 0.2) is 36.4 Å². The number of nitrogen functional groups attached to an aromatic ring is 1. The molecule has 0 aliphatic heterocycles. The molecule has 1 amide bonds. The molecule has 0 aromatic heterocycles. The molecule has 0 atom stereocenters. The van der Waals surface area contributed by atoms with Gasteiger partial charge in [-0.3, -0.25) is 4.79 Å². The van der Waals surface area contributed by atoms with Crippen LogP contribution in [-0.4, -0.2) is 5.91 Å². The van der Waals surface area contributed by atoms with Gasteiger partial charge in [0.05, 0.1) is 5.56 Å². The van der Waals surface area contributed by atoms with Crippen LogP contribution >= 0.6 is 0 Å². The Hall–Kier alpha value is -2.50. The van der Waals surface area contributed by atoms with Crippen LogP contribution in [0, 0.1) is 17.5 Å².